The van der Waals surface area contributed by atoms with Crippen molar-refractivity contribution in [2.45, 2.75) is 52.6 Å². The number of benzene rings is 2. The van der Waals surface area contributed by atoms with Gasteiger partial charge >= 0.3 is 0 Å². The molecule has 0 aromatic heterocycles. The number of nitrogens with zero attached hydrogens (tertiary/aromatic N) is 1. The number of nitrogens with one attached hydrogen (secondary N) is 2. The molecule has 0 heterocycles. The van der Waals surface area contributed by atoms with E-state index in [1.165, 1.54) is 0 Å². The maximum atomic E-state index is 13.2. The average molecular weight is 446 g/mol. The van der Waals surface area contributed by atoms with Crippen LogP contribution in [0.25, 0.3) is 0 Å². The number of para-hydroxylation sites is 1. The van der Waals surface area contributed by atoms with Gasteiger partial charge in [-0.3, -0.25) is 13.9 Å². The molecule has 2 rings (SSSR count). The highest BCUT2D eigenvalue weighted by molar-refractivity contribution is 7.92. The largest absolute Gasteiger partial charge is 0.350 e. The fourth-order valence-electron chi connectivity index (χ4n) is 3.16. The number of amides is 2. The lowest BCUT2D eigenvalue weighted by Crippen LogP contribution is -2.47. The Bertz CT molecular complexity index is 1020. The number of anilines is 2. The fourth-order valence-corrected chi connectivity index (χ4v) is 4.37. The third-order valence-corrected chi connectivity index (χ3v) is 6.22. The molecule has 0 unspecified atom stereocenters. The summed E-state index contributed by atoms with van der Waals surface area (Å²) in [7, 11) is -3.73. The van der Waals surface area contributed by atoms with E-state index in [2.05, 4.69) is 10.6 Å². The summed E-state index contributed by atoms with van der Waals surface area (Å²) in [6.07, 6.45) is 2.11. The average Bonchev–Trinajstić information content (AvgIpc) is 2.72. The molecule has 2 aromatic carbocycles. The topological polar surface area (TPSA) is 95.6 Å². The number of hydrogen-bond acceptors (Lipinski definition) is 4. The Morgan fingerprint density at radius 1 is 1.00 bits per heavy atom. The lowest BCUT2D eigenvalue weighted by atomic mass is 10.1. The van der Waals surface area contributed by atoms with Crippen LogP contribution in [0.4, 0.5) is 11.4 Å². The molecule has 0 aliphatic carbocycles. The van der Waals surface area contributed by atoms with E-state index in [0.717, 1.165) is 22.5 Å². The van der Waals surface area contributed by atoms with Gasteiger partial charge in [-0.05, 0) is 51.0 Å². The summed E-state index contributed by atoms with van der Waals surface area (Å²) in [5, 5.41) is 5.65. The van der Waals surface area contributed by atoms with E-state index < -0.39 is 22.0 Å². The van der Waals surface area contributed by atoms with Gasteiger partial charge in [0.1, 0.15) is 6.04 Å². The third kappa shape index (κ3) is 6.30. The normalized spacial score (nSPS) is 13.2. The van der Waals surface area contributed by atoms with Crippen molar-refractivity contribution >= 4 is 33.2 Å². The van der Waals surface area contributed by atoms with E-state index in [-0.39, 0.29) is 18.4 Å². The van der Waals surface area contributed by atoms with Crippen molar-refractivity contribution in [3.05, 3.63) is 59.7 Å². The number of rotatable bonds is 9. The van der Waals surface area contributed by atoms with Crippen LogP contribution in [0.5, 0.6) is 0 Å². The molecule has 168 valence electrons. The molecule has 2 aromatic rings. The minimum atomic E-state index is -3.73. The predicted molar refractivity (Wildman–Crippen MR) is 125 cm³/mol. The van der Waals surface area contributed by atoms with Gasteiger partial charge < -0.3 is 10.6 Å². The molecule has 0 aliphatic rings. The highest BCUT2D eigenvalue weighted by Crippen LogP contribution is 2.24. The zero-order valence-corrected chi connectivity index (χ0v) is 19.5. The van der Waals surface area contributed by atoms with Crippen LogP contribution in [-0.4, -0.2) is 38.6 Å². The maximum absolute atomic E-state index is 13.2. The molecule has 0 spiro atoms. The van der Waals surface area contributed by atoms with Gasteiger partial charge in [-0.1, -0.05) is 43.7 Å². The second kappa shape index (κ2) is 10.4. The minimum Gasteiger partial charge on any atom is -0.350 e. The third-order valence-electron chi connectivity index (χ3n) is 5.04. The van der Waals surface area contributed by atoms with Gasteiger partial charge in [-0.25, -0.2) is 8.42 Å². The number of carbonyl (C=O) groups is 2. The van der Waals surface area contributed by atoms with Crippen LogP contribution in [0.3, 0.4) is 0 Å². The van der Waals surface area contributed by atoms with E-state index in [1.54, 1.807) is 55.5 Å². The Morgan fingerprint density at radius 3 is 2.16 bits per heavy atom. The molecule has 0 saturated heterocycles. The van der Waals surface area contributed by atoms with Crippen LogP contribution in [-0.2, 0) is 14.8 Å². The van der Waals surface area contributed by atoms with Crippen molar-refractivity contribution in [3.8, 4) is 0 Å². The van der Waals surface area contributed by atoms with E-state index in [0.29, 0.717) is 16.9 Å². The molecule has 0 aliphatic heterocycles. The lowest BCUT2D eigenvalue weighted by molar-refractivity contribution is -0.117. The zero-order valence-electron chi connectivity index (χ0n) is 18.7. The molecule has 0 bridgehead atoms. The van der Waals surface area contributed by atoms with Crippen molar-refractivity contribution in [2.75, 3.05) is 15.9 Å². The van der Waals surface area contributed by atoms with E-state index in [1.807, 2.05) is 20.8 Å². The smallest absolute Gasteiger partial charge is 0.253 e. The number of hydrogen-bond donors (Lipinski definition) is 2. The molecule has 8 heteroatoms. The lowest BCUT2D eigenvalue weighted by Gasteiger charge is -2.30. The van der Waals surface area contributed by atoms with Crippen molar-refractivity contribution in [1.82, 2.24) is 5.32 Å². The van der Waals surface area contributed by atoms with E-state index in [4.69, 9.17) is 0 Å². The molecule has 0 radical (unpaired) electrons. The Balaban J connectivity index is 2.36. The summed E-state index contributed by atoms with van der Waals surface area (Å²) < 4.78 is 26.3. The molecule has 2 atom stereocenters. The Kier molecular flexibility index (Phi) is 8.21. The maximum Gasteiger partial charge on any atom is 0.253 e. The Labute approximate surface area is 184 Å². The summed E-state index contributed by atoms with van der Waals surface area (Å²) in [5.74, 6) is -0.797. The summed E-state index contributed by atoms with van der Waals surface area (Å²) in [6.45, 7) is 7.52. The summed E-state index contributed by atoms with van der Waals surface area (Å²) in [6, 6.07) is 12.7. The van der Waals surface area contributed by atoms with Crippen LogP contribution >= 0.6 is 0 Å². The van der Waals surface area contributed by atoms with Gasteiger partial charge in [0.15, 0.2) is 0 Å². The first kappa shape index (κ1) is 24.4. The predicted octanol–water partition coefficient (Wildman–Crippen LogP) is 3.71. The molecule has 7 nitrogen and oxygen atoms in total. The number of aryl methyl sites for hydroxylation is 1. The van der Waals surface area contributed by atoms with Crippen LogP contribution in [0.15, 0.2) is 48.5 Å². The Morgan fingerprint density at radius 2 is 1.61 bits per heavy atom. The monoisotopic (exact) mass is 445 g/mol. The summed E-state index contributed by atoms with van der Waals surface area (Å²) in [5.41, 5.74) is 2.06. The first-order valence-electron chi connectivity index (χ1n) is 10.3. The zero-order chi connectivity index (χ0) is 23.2. The minimum absolute atomic E-state index is 0.0121. The van der Waals surface area contributed by atoms with Crippen molar-refractivity contribution in [2.24, 2.45) is 0 Å². The van der Waals surface area contributed by atoms with Crippen LogP contribution < -0.4 is 14.9 Å². The van der Waals surface area contributed by atoms with Crippen LogP contribution in [0.2, 0.25) is 0 Å². The molecular weight excluding hydrogens is 414 g/mol. The first-order chi connectivity index (χ1) is 14.6. The molecule has 2 amide bonds. The molecular formula is C23H31N3O4S. The molecule has 2 N–H and O–H groups in total. The first-order valence-corrected chi connectivity index (χ1v) is 12.2. The van der Waals surface area contributed by atoms with Gasteiger partial charge in [0, 0.05) is 6.04 Å². The van der Waals surface area contributed by atoms with Crippen molar-refractivity contribution in [3.63, 3.8) is 0 Å². The second-order valence-corrected chi connectivity index (χ2v) is 9.50. The van der Waals surface area contributed by atoms with Crippen LogP contribution in [0.1, 0.15) is 49.5 Å². The second-order valence-electron chi connectivity index (χ2n) is 7.64. The molecule has 0 fully saturated rings. The van der Waals surface area contributed by atoms with E-state index in [9.17, 15) is 18.0 Å². The number of carbonyl (C=O) groups excluding carboxylic acids is 2. The van der Waals surface area contributed by atoms with Gasteiger partial charge in [0.25, 0.3) is 5.91 Å². The SMILES string of the molecule is CC[C@@H](C)NC(=O)c1ccccc1NC(=O)[C@H](CC)N(c1ccc(C)cc1)S(C)(=O)=O. The fraction of sp³-hybridized carbons (Fsp3) is 0.391. The quantitative estimate of drug-likeness (QED) is 0.615. The van der Waals surface area contributed by atoms with E-state index >= 15 is 0 Å². The highest BCUT2D eigenvalue weighted by atomic mass is 32.2. The van der Waals surface area contributed by atoms with Crippen molar-refractivity contribution in [1.29, 1.82) is 0 Å². The van der Waals surface area contributed by atoms with Gasteiger partial charge in [0.2, 0.25) is 15.9 Å². The summed E-state index contributed by atoms with van der Waals surface area (Å²) in [4.78, 5) is 25.8. The molecule has 0 saturated carbocycles. The Hall–Kier alpha value is -2.87. The van der Waals surface area contributed by atoms with Crippen LogP contribution in [0, 0.1) is 6.92 Å². The summed E-state index contributed by atoms with van der Waals surface area (Å²) >= 11 is 0. The van der Waals surface area contributed by atoms with Gasteiger partial charge in [-0.15, -0.1) is 0 Å². The van der Waals surface area contributed by atoms with Crippen molar-refractivity contribution < 1.29 is 18.0 Å². The molecule has 31 heavy (non-hydrogen) atoms. The standard InChI is InChI=1S/C23H31N3O4S/c1-6-17(4)24-22(27)19-10-8-9-11-20(19)25-23(28)21(7-2)26(31(5,29)30)18-14-12-16(3)13-15-18/h8-15,17,21H,6-7H2,1-5H3,(H,24,27)(H,25,28)/t17-,21+/m1/s1. The highest BCUT2D eigenvalue weighted by Gasteiger charge is 2.32. The van der Waals surface area contributed by atoms with Gasteiger partial charge in [-0.2, -0.15) is 0 Å². The number of sulfonamides is 1. The van der Waals surface area contributed by atoms with Gasteiger partial charge in [0.05, 0.1) is 23.2 Å².